The second kappa shape index (κ2) is 6.45. The first-order valence-corrected chi connectivity index (χ1v) is 6.54. The molecule has 0 unspecified atom stereocenters. The highest BCUT2D eigenvalue weighted by molar-refractivity contribution is 5.98. The van der Waals surface area contributed by atoms with Gasteiger partial charge in [0, 0.05) is 5.54 Å². The maximum absolute atomic E-state index is 12.4. The van der Waals surface area contributed by atoms with Gasteiger partial charge in [-0.15, -0.1) is 0 Å². The van der Waals surface area contributed by atoms with Crippen molar-refractivity contribution in [1.82, 2.24) is 5.32 Å². The van der Waals surface area contributed by atoms with Crippen LogP contribution in [0.4, 0.5) is 0 Å². The molecule has 0 radical (unpaired) electrons. The Morgan fingerprint density at radius 1 is 1.21 bits per heavy atom. The third-order valence-electron chi connectivity index (χ3n) is 3.62. The smallest absolute Gasteiger partial charge is 0.255 e. The third kappa shape index (κ3) is 3.40. The number of hydrogen-bond donors (Lipinski definition) is 1. The monoisotopic (exact) mass is 265 g/mol. The molecule has 106 valence electrons. The SMILES string of the molecule is CCC(C)(CC)NC(=O)c1cccc(OC)c1OC. The van der Waals surface area contributed by atoms with Gasteiger partial charge in [0.15, 0.2) is 11.5 Å². The highest BCUT2D eigenvalue weighted by Gasteiger charge is 2.25. The van der Waals surface area contributed by atoms with Crippen molar-refractivity contribution in [2.45, 2.75) is 39.2 Å². The molecule has 0 aliphatic rings. The number of nitrogens with one attached hydrogen (secondary N) is 1. The summed E-state index contributed by atoms with van der Waals surface area (Å²) in [6.45, 7) is 6.16. The number of carbonyl (C=O) groups excluding carboxylic acids is 1. The summed E-state index contributed by atoms with van der Waals surface area (Å²) < 4.78 is 10.5. The van der Waals surface area contributed by atoms with E-state index in [4.69, 9.17) is 9.47 Å². The van der Waals surface area contributed by atoms with E-state index >= 15 is 0 Å². The first-order valence-electron chi connectivity index (χ1n) is 6.54. The zero-order valence-corrected chi connectivity index (χ0v) is 12.4. The molecule has 0 aliphatic carbocycles. The number of hydrogen-bond acceptors (Lipinski definition) is 3. The fraction of sp³-hybridized carbons (Fsp3) is 0.533. The van der Waals surface area contributed by atoms with E-state index in [-0.39, 0.29) is 11.4 Å². The van der Waals surface area contributed by atoms with E-state index in [9.17, 15) is 4.79 Å². The summed E-state index contributed by atoms with van der Waals surface area (Å²) in [7, 11) is 3.09. The molecule has 4 heteroatoms. The Hall–Kier alpha value is -1.71. The van der Waals surface area contributed by atoms with Crippen LogP contribution in [0.25, 0.3) is 0 Å². The fourth-order valence-corrected chi connectivity index (χ4v) is 1.83. The lowest BCUT2D eigenvalue weighted by atomic mass is 9.95. The van der Waals surface area contributed by atoms with Crippen molar-refractivity contribution >= 4 is 5.91 Å². The van der Waals surface area contributed by atoms with E-state index in [0.717, 1.165) is 12.8 Å². The molecule has 0 spiro atoms. The number of para-hydroxylation sites is 1. The lowest BCUT2D eigenvalue weighted by Crippen LogP contribution is -2.45. The van der Waals surface area contributed by atoms with Crippen LogP contribution in [0.15, 0.2) is 18.2 Å². The number of amides is 1. The Bertz CT molecular complexity index is 439. The Kier molecular flexibility index (Phi) is 5.21. The number of ether oxygens (including phenoxy) is 2. The average Bonchev–Trinajstić information content (AvgIpc) is 2.45. The van der Waals surface area contributed by atoms with Gasteiger partial charge >= 0.3 is 0 Å². The van der Waals surface area contributed by atoms with Crippen molar-refractivity contribution < 1.29 is 14.3 Å². The van der Waals surface area contributed by atoms with Gasteiger partial charge < -0.3 is 14.8 Å². The predicted molar refractivity (Wildman–Crippen MR) is 76.0 cm³/mol. The molecule has 1 rings (SSSR count). The minimum absolute atomic E-state index is 0.137. The maximum Gasteiger partial charge on any atom is 0.255 e. The normalized spacial score (nSPS) is 11.0. The summed E-state index contributed by atoms with van der Waals surface area (Å²) in [6, 6.07) is 5.29. The molecule has 1 aromatic carbocycles. The van der Waals surface area contributed by atoms with Gasteiger partial charge in [-0.2, -0.15) is 0 Å². The average molecular weight is 265 g/mol. The van der Waals surface area contributed by atoms with Crippen molar-refractivity contribution in [2.24, 2.45) is 0 Å². The predicted octanol–water partition coefficient (Wildman–Crippen LogP) is 3.01. The standard InChI is InChI=1S/C15H23NO3/c1-6-15(3,7-2)16-14(17)11-9-8-10-12(18-4)13(11)19-5/h8-10H,6-7H2,1-5H3,(H,16,17). The largest absolute Gasteiger partial charge is 0.493 e. The van der Waals surface area contributed by atoms with Crippen LogP contribution in [-0.4, -0.2) is 25.7 Å². The van der Waals surface area contributed by atoms with Gasteiger partial charge in [0.2, 0.25) is 0 Å². The topological polar surface area (TPSA) is 47.6 Å². The van der Waals surface area contributed by atoms with Crippen molar-refractivity contribution in [3.8, 4) is 11.5 Å². The van der Waals surface area contributed by atoms with Gasteiger partial charge in [-0.1, -0.05) is 19.9 Å². The van der Waals surface area contributed by atoms with Gasteiger partial charge in [0.25, 0.3) is 5.91 Å². The van der Waals surface area contributed by atoms with Gasteiger partial charge in [0.05, 0.1) is 19.8 Å². The quantitative estimate of drug-likeness (QED) is 0.860. The molecule has 0 aromatic heterocycles. The minimum Gasteiger partial charge on any atom is -0.493 e. The van der Waals surface area contributed by atoms with Crippen LogP contribution in [0.2, 0.25) is 0 Å². The molecule has 0 aliphatic heterocycles. The zero-order chi connectivity index (χ0) is 14.5. The van der Waals surface area contributed by atoms with Crippen LogP contribution >= 0.6 is 0 Å². The van der Waals surface area contributed by atoms with Crippen molar-refractivity contribution in [2.75, 3.05) is 14.2 Å². The fourth-order valence-electron chi connectivity index (χ4n) is 1.83. The summed E-state index contributed by atoms with van der Waals surface area (Å²) in [4.78, 5) is 12.4. The van der Waals surface area contributed by atoms with Crippen LogP contribution < -0.4 is 14.8 Å². The van der Waals surface area contributed by atoms with E-state index in [0.29, 0.717) is 17.1 Å². The van der Waals surface area contributed by atoms with Gasteiger partial charge in [-0.05, 0) is 31.9 Å². The highest BCUT2D eigenvalue weighted by atomic mass is 16.5. The Labute approximate surface area is 115 Å². The molecule has 0 heterocycles. The molecule has 0 saturated carbocycles. The van der Waals surface area contributed by atoms with Crippen LogP contribution in [0, 0.1) is 0 Å². The van der Waals surface area contributed by atoms with Crippen LogP contribution in [0.5, 0.6) is 11.5 Å². The van der Waals surface area contributed by atoms with Crippen LogP contribution in [0.1, 0.15) is 44.0 Å². The Morgan fingerprint density at radius 3 is 2.32 bits per heavy atom. The molecule has 0 fully saturated rings. The molecule has 1 N–H and O–H groups in total. The summed E-state index contributed by atoms with van der Waals surface area (Å²) in [5.41, 5.74) is 0.292. The first-order chi connectivity index (χ1) is 9.01. The van der Waals surface area contributed by atoms with E-state index < -0.39 is 0 Å². The lowest BCUT2D eigenvalue weighted by molar-refractivity contribution is 0.0897. The van der Waals surface area contributed by atoms with E-state index in [1.165, 1.54) is 7.11 Å². The van der Waals surface area contributed by atoms with Crippen LogP contribution in [0.3, 0.4) is 0 Å². The Morgan fingerprint density at radius 2 is 1.84 bits per heavy atom. The molecular formula is C15H23NO3. The molecule has 1 amide bonds. The van der Waals surface area contributed by atoms with E-state index in [2.05, 4.69) is 19.2 Å². The second-order valence-corrected chi connectivity index (χ2v) is 4.76. The van der Waals surface area contributed by atoms with E-state index in [1.54, 1.807) is 25.3 Å². The zero-order valence-electron chi connectivity index (χ0n) is 12.4. The number of rotatable bonds is 6. The summed E-state index contributed by atoms with van der Waals surface area (Å²) in [5.74, 6) is 0.892. The van der Waals surface area contributed by atoms with Gasteiger partial charge in [-0.25, -0.2) is 0 Å². The third-order valence-corrected chi connectivity index (χ3v) is 3.62. The van der Waals surface area contributed by atoms with E-state index in [1.807, 2.05) is 6.92 Å². The highest BCUT2D eigenvalue weighted by Crippen LogP contribution is 2.31. The van der Waals surface area contributed by atoms with Crippen molar-refractivity contribution in [3.05, 3.63) is 23.8 Å². The second-order valence-electron chi connectivity index (χ2n) is 4.76. The lowest BCUT2D eigenvalue weighted by Gasteiger charge is -2.28. The Balaban J connectivity index is 3.06. The molecule has 0 bridgehead atoms. The molecule has 19 heavy (non-hydrogen) atoms. The molecule has 4 nitrogen and oxygen atoms in total. The summed E-state index contributed by atoms with van der Waals surface area (Å²) in [5, 5.41) is 3.06. The van der Waals surface area contributed by atoms with Crippen molar-refractivity contribution in [1.29, 1.82) is 0 Å². The summed E-state index contributed by atoms with van der Waals surface area (Å²) in [6.07, 6.45) is 1.75. The number of benzene rings is 1. The molecular weight excluding hydrogens is 242 g/mol. The molecule has 0 atom stereocenters. The molecule has 0 saturated heterocycles. The maximum atomic E-state index is 12.4. The van der Waals surface area contributed by atoms with Crippen LogP contribution in [-0.2, 0) is 0 Å². The van der Waals surface area contributed by atoms with Gasteiger partial charge in [-0.3, -0.25) is 4.79 Å². The number of carbonyl (C=O) groups is 1. The summed E-state index contributed by atoms with van der Waals surface area (Å²) >= 11 is 0. The number of methoxy groups -OCH3 is 2. The first kappa shape index (κ1) is 15.3. The molecule has 1 aromatic rings. The van der Waals surface area contributed by atoms with Crippen molar-refractivity contribution in [3.63, 3.8) is 0 Å². The van der Waals surface area contributed by atoms with Gasteiger partial charge in [0.1, 0.15) is 0 Å². The minimum atomic E-state index is -0.203.